The molecule has 1 aromatic carbocycles. The average molecular weight is 409 g/mol. The number of rotatable bonds is 5. The number of amides is 3. The van der Waals surface area contributed by atoms with Crippen LogP contribution in [0.1, 0.15) is 5.56 Å². The van der Waals surface area contributed by atoms with Crippen molar-refractivity contribution in [3.05, 3.63) is 40.4 Å². The first kappa shape index (κ1) is 19.7. The highest BCUT2D eigenvalue weighted by atomic mass is 79.9. The third kappa shape index (κ3) is 8.93. The fourth-order valence-electron chi connectivity index (χ4n) is 1.35. The summed E-state index contributed by atoms with van der Waals surface area (Å²) in [5, 5.41) is 3.03. The largest absolute Gasteiger partial charge is 0.452 e. The van der Waals surface area contributed by atoms with Crippen LogP contribution in [-0.2, 0) is 14.3 Å². The van der Waals surface area contributed by atoms with E-state index in [-0.39, 0.29) is 0 Å². The maximum absolute atomic E-state index is 11.8. The van der Waals surface area contributed by atoms with Crippen molar-refractivity contribution >= 4 is 39.9 Å². The molecule has 0 fully saturated rings. The van der Waals surface area contributed by atoms with Gasteiger partial charge in [0.1, 0.15) is 6.54 Å². The topological polar surface area (TPSA) is 84.5 Å². The van der Waals surface area contributed by atoms with Gasteiger partial charge in [0.25, 0.3) is 5.91 Å². The fraction of sp³-hybridized carbons (Fsp3) is 0.214. The Balaban J connectivity index is 2.33. The Morgan fingerprint density at radius 2 is 1.96 bits per heavy atom. The molecule has 1 aromatic rings. The highest BCUT2D eigenvalue weighted by Gasteiger charge is 2.27. The molecule has 10 heteroatoms. The van der Waals surface area contributed by atoms with Crippen molar-refractivity contribution in [1.82, 2.24) is 10.6 Å². The van der Waals surface area contributed by atoms with Gasteiger partial charge in [-0.1, -0.05) is 28.1 Å². The van der Waals surface area contributed by atoms with Crippen LogP contribution < -0.4 is 10.6 Å². The normalized spacial score (nSPS) is 11.2. The zero-order chi connectivity index (χ0) is 18.2. The Labute approximate surface area is 143 Å². The fourth-order valence-corrected chi connectivity index (χ4v) is 1.76. The number of carbonyl (C=O) groups is 3. The van der Waals surface area contributed by atoms with Gasteiger partial charge in [0, 0.05) is 10.5 Å². The van der Waals surface area contributed by atoms with E-state index >= 15 is 0 Å². The second-order valence-corrected chi connectivity index (χ2v) is 5.26. The summed E-state index contributed by atoms with van der Waals surface area (Å²) in [6, 6.07) is 5.68. The summed E-state index contributed by atoms with van der Waals surface area (Å²) in [5.74, 6) is -1.90. The molecule has 0 bridgehead atoms. The van der Waals surface area contributed by atoms with Crippen molar-refractivity contribution in [2.24, 2.45) is 0 Å². The van der Waals surface area contributed by atoms with Crippen LogP contribution >= 0.6 is 15.9 Å². The molecule has 24 heavy (non-hydrogen) atoms. The van der Waals surface area contributed by atoms with E-state index in [1.165, 1.54) is 11.4 Å². The van der Waals surface area contributed by atoms with E-state index in [1.54, 1.807) is 29.6 Å². The molecule has 0 aromatic heterocycles. The van der Waals surface area contributed by atoms with E-state index in [0.29, 0.717) is 5.56 Å². The Bertz CT molecular complexity index is 647. The van der Waals surface area contributed by atoms with E-state index in [4.69, 9.17) is 0 Å². The van der Waals surface area contributed by atoms with E-state index in [1.807, 2.05) is 0 Å². The van der Waals surface area contributed by atoms with Gasteiger partial charge in [-0.3, -0.25) is 10.1 Å². The van der Waals surface area contributed by atoms with Crippen LogP contribution in [0.2, 0.25) is 0 Å². The third-order valence-corrected chi connectivity index (χ3v) is 2.80. The SMILES string of the molecule is O=C(COC(=O)/C=C/c1cccc(Br)c1)NC(=O)NCC(F)(F)F. The highest BCUT2D eigenvalue weighted by Crippen LogP contribution is 2.13. The molecule has 130 valence electrons. The lowest BCUT2D eigenvalue weighted by Gasteiger charge is -2.08. The molecular formula is C14H12BrF3N2O4. The highest BCUT2D eigenvalue weighted by molar-refractivity contribution is 9.10. The average Bonchev–Trinajstić information content (AvgIpc) is 2.48. The van der Waals surface area contributed by atoms with Gasteiger partial charge in [-0.2, -0.15) is 13.2 Å². The van der Waals surface area contributed by atoms with Crippen molar-refractivity contribution in [1.29, 1.82) is 0 Å². The second kappa shape index (κ2) is 9.06. The van der Waals surface area contributed by atoms with Crippen molar-refractivity contribution < 1.29 is 32.3 Å². The van der Waals surface area contributed by atoms with Crippen LogP contribution in [0.4, 0.5) is 18.0 Å². The van der Waals surface area contributed by atoms with Crippen molar-refractivity contribution in [2.45, 2.75) is 6.18 Å². The molecule has 6 nitrogen and oxygen atoms in total. The molecule has 0 saturated heterocycles. The maximum Gasteiger partial charge on any atom is 0.405 e. The quantitative estimate of drug-likeness (QED) is 0.578. The van der Waals surface area contributed by atoms with Crippen molar-refractivity contribution in [3.8, 4) is 0 Å². The number of halogens is 4. The summed E-state index contributed by atoms with van der Waals surface area (Å²) >= 11 is 3.26. The number of hydrogen-bond acceptors (Lipinski definition) is 4. The molecule has 0 aliphatic rings. The Hall–Kier alpha value is -2.36. The first-order chi connectivity index (χ1) is 11.2. The minimum Gasteiger partial charge on any atom is -0.452 e. The molecule has 0 heterocycles. The summed E-state index contributed by atoms with van der Waals surface area (Å²) in [6.45, 7) is -2.39. The number of imide groups is 1. The molecule has 0 saturated carbocycles. The summed E-state index contributed by atoms with van der Waals surface area (Å²) in [7, 11) is 0. The number of hydrogen-bond donors (Lipinski definition) is 2. The number of esters is 1. The zero-order valence-corrected chi connectivity index (χ0v) is 13.6. The van der Waals surface area contributed by atoms with E-state index in [0.717, 1.165) is 10.5 Å². The number of alkyl halides is 3. The summed E-state index contributed by atoms with van der Waals surface area (Å²) < 4.78 is 40.9. The maximum atomic E-state index is 11.8. The van der Waals surface area contributed by atoms with Crippen LogP contribution in [0.3, 0.4) is 0 Å². The van der Waals surface area contributed by atoms with Gasteiger partial charge in [-0.25, -0.2) is 9.59 Å². The van der Waals surface area contributed by atoms with Crippen molar-refractivity contribution in [3.63, 3.8) is 0 Å². The molecule has 0 radical (unpaired) electrons. The monoisotopic (exact) mass is 408 g/mol. The van der Waals surface area contributed by atoms with Crippen LogP contribution in [0, 0.1) is 0 Å². The van der Waals surface area contributed by atoms with Gasteiger partial charge in [0.15, 0.2) is 6.61 Å². The number of nitrogens with one attached hydrogen (secondary N) is 2. The van der Waals surface area contributed by atoms with E-state index < -0.39 is 37.2 Å². The van der Waals surface area contributed by atoms with Crippen LogP contribution in [-0.4, -0.2) is 37.2 Å². The molecule has 0 unspecified atom stereocenters. The number of urea groups is 1. The Morgan fingerprint density at radius 3 is 2.58 bits per heavy atom. The van der Waals surface area contributed by atoms with Crippen molar-refractivity contribution in [2.75, 3.05) is 13.2 Å². The molecular weight excluding hydrogens is 397 g/mol. The summed E-state index contributed by atoms with van der Waals surface area (Å²) in [5.41, 5.74) is 0.706. The van der Waals surface area contributed by atoms with Gasteiger partial charge in [-0.15, -0.1) is 0 Å². The lowest BCUT2D eigenvalue weighted by atomic mass is 10.2. The molecule has 2 N–H and O–H groups in total. The predicted molar refractivity (Wildman–Crippen MR) is 81.7 cm³/mol. The smallest absolute Gasteiger partial charge is 0.405 e. The van der Waals surface area contributed by atoms with Crippen LogP contribution in [0.15, 0.2) is 34.8 Å². The number of ether oxygens (including phenoxy) is 1. The van der Waals surface area contributed by atoms with Crippen LogP contribution in [0.5, 0.6) is 0 Å². The first-order valence-electron chi connectivity index (χ1n) is 6.40. The van der Waals surface area contributed by atoms with Gasteiger partial charge >= 0.3 is 18.2 Å². The van der Waals surface area contributed by atoms with Crippen LogP contribution in [0.25, 0.3) is 6.08 Å². The van der Waals surface area contributed by atoms with E-state index in [2.05, 4.69) is 20.7 Å². The second-order valence-electron chi connectivity index (χ2n) is 4.34. The Kier molecular flexibility index (Phi) is 7.43. The van der Waals surface area contributed by atoms with Gasteiger partial charge in [0.2, 0.25) is 0 Å². The Morgan fingerprint density at radius 1 is 1.25 bits per heavy atom. The predicted octanol–water partition coefficient (Wildman–Crippen LogP) is 2.39. The summed E-state index contributed by atoms with van der Waals surface area (Å²) in [6.07, 6.45) is -2.08. The zero-order valence-electron chi connectivity index (χ0n) is 12.0. The summed E-state index contributed by atoms with van der Waals surface area (Å²) in [4.78, 5) is 33.6. The first-order valence-corrected chi connectivity index (χ1v) is 7.20. The lowest BCUT2D eigenvalue weighted by Crippen LogP contribution is -2.44. The molecule has 0 spiro atoms. The molecule has 0 atom stereocenters. The number of benzene rings is 1. The van der Waals surface area contributed by atoms with Gasteiger partial charge in [0.05, 0.1) is 0 Å². The standard InChI is InChI=1S/C14H12BrF3N2O4/c15-10-3-1-2-9(6-10)4-5-12(22)24-7-11(21)20-13(23)19-8-14(16,17)18/h1-6H,7-8H2,(H2,19,20,21,23)/b5-4+. The van der Waals surface area contributed by atoms with E-state index in [9.17, 15) is 27.6 Å². The molecule has 0 aliphatic heterocycles. The third-order valence-electron chi connectivity index (χ3n) is 2.31. The molecule has 0 aliphatic carbocycles. The molecule has 3 amide bonds. The molecule has 1 rings (SSSR count). The number of carbonyl (C=O) groups excluding carboxylic acids is 3. The van der Waals surface area contributed by atoms with Gasteiger partial charge in [-0.05, 0) is 23.8 Å². The minimum absolute atomic E-state index is 0.706. The lowest BCUT2D eigenvalue weighted by molar-refractivity contribution is -0.143. The minimum atomic E-state index is -4.59. The van der Waals surface area contributed by atoms with Gasteiger partial charge < -0.3 is 10.1 Å².